The van der Waals surface area contributed by atoms with Gasteiger partial charge >= 0.3 is 0 Å². The highest BCUT2D eigenvalue weighted by atomic mass is 32.1. The number of halogens is 2. The van der Waals surface area contributed by atoms with Gasteiger partial charge in [0.25, 0.3) is 0 Å². The predicted molar refractivity (Wildman–Crippen MR) is 86.4 cm³/mol. The number of hydrogen-bond acceptors (Lipinski definition) is 5. The standard InChI is InChI=1S/C15H14BF2N3O2S/c16-14(24)22-5-10-4-15(23-6-10,7-21-9-19-8-20-21)12-2-1-11(17)3-13(12)18/h1-3,8-10H,4-7H2/t10-,15+/m1/s1. The molecule has 2 heterocycles. The maximum absolute atomic E-state index is 14.4. The van der Waals surface area contributed by atoms with Crippen molar-refractivity contribution in [2.24, 2.45) is 5.92 Å². The van der Waals surface area contributed by atoms with E-state index in [-0.39, 0.29) is 29.6 Å². The van der Waals surface area contributed by atoms with Crippen LogP contribution in [0.5, 0.6) is 0 Å². The minimum absolute atomic E-state index is 0.0283. The Morgan fingerprint density at radius 2 is 2.33 bits per heavy atom. The zero-order valence-corrected chi connectivity index (χ0v) is 13.5. The van der Waals surface area contributed by atoms with Crippen LogP contribution >= 0.6 is 12.2 Å². The average Bonchev–Trinajstić information content (AvgIpc) is 3.16. The number of hydrogen-bond donors (Lipinski definition) is 0. The Hall–Kier alpha value is -1.87. The van der Waals surface area contributed by atoms with E-state index >= 15 is 0 Å². The molecule has 0 saturated carbocycles. The molecule has 1 aliphatic rings. The Morgan fingerprint density at radius 3 is 3.00 bits per heavy atom. The maximum Gasteiger partial charge on any atom is 0.183 e. The van der Waals surface area contributed by atoms with Crippen LogP contribution in [0.25, 0.3) is 0 Å². The lowest BCUT2D eigenvalue weighted by Crippen LogP contribution is -2.32. The largest absolute Gasteiger partial charge is 0.498 e. The van der Waals surface area contributed by atoms with Crippen molar-refractivity contribution in [1.29, 1.82) is 0 Å². The van der Waals surface area contributed by atoms with Crippen LogP contribution in [0.15, 0.2) is 30.9 Å². The summed E-state index contributed by atoms with van der Waals surface area (Å²) in [5, 5.41) is 4.05. The number of benzene rings is 1. The van der Waals surface area contributed by atoms with E-state index in [1.54, 1.807) is 4.68 Å². The molecule has 0 N–H and O–H groups in total. The molecule has 0 amide bonds. The molecule has 9 heteroatoms. The van der Waals surface area contributed by atoms with Crippen molar-refractivity contribution in [3.8, 4) is 0 Å². The molecule has 0 bridgehead atoms. The summed E-state index contributed by atoms with van der Waals surface area (Å²) >= 11 is 4.70. The van der Waals surface area contributed by atoms with Gasteiger partial charge in [-0.2, -0.15) is 5.10 Å². The lowest BCUT2D eigenvalue weighted by Gasteiger charge is -2.29. The second kappa shape index (κ2) is 6.94. The van der Waals surface area contributed by atoms with Gasteiger partial charge in [-0.1, -0.05) is 18.3 Å². The molecule has 2 atom stereocenters. The summed E-state index contributed by atoms with van der Waals surface area (Å²) < 4.78 is 40.3. The molecule has 1 aromatic carbocycles. The summed E-state index contributed by atoms with van der Waals surface area (Å²) in [6.45, 7) is 0.866. The minimum atomic E-state index is -0.990. The third-order valence-corrected chi connectivity index (χ3v) is 4.10. The van der Waals surface area contributed by atoms with Crippen LogP contribution in [0.4, 0.5) is 8.78 Å². The molecule has 1 saturated heterocycles. The predicted octanol–water partition coefficient (Wildman–Crippen LogP) is 1.96. The Balaban J connectivity index is 1.89. The highest BCUT2D eigenvalue weighted by molar-refractivity contribution is 7.82. The van der Waals surface area contributed by atoms with Gasteiger partial charge in [0.1, 0.15) is 29.9 Å². The molecule has 24 heavy (non-hydrogen) atoms. The molecule has 0 spiro atoms. The Bertz CT molecular complexity index is 732. The van der Waals surface area contributed by atoms with Gasteiger partial charge in [0.15, 0.2) is 7.85 Å². The molecule has 1 aliphatic heterocycles. The second-order valence-electron chi connectivity index (χ2n) is 5.72. The fourth-order valence-corrected chi connectivity index (χ4v) is 3.05. The maximum atomic E-state index is 14.4. The Kier molecular flexibility index (Phi) is 4.91. The van der Waals surface area contributed by atoms with Crippen LogP contribution in [0.2, 0.25) is 0 Å². The van der Waals surface area contributed by atoms with E-state index in [4.69, 9.17) is 29.5 Å². The summed E-state index contributed by atoms with van der Waals surface area (Å²) in [5.74, 6) is -1.33. The van der Waals surface area contributed by atoms with Crippen molar-refractivity contribution >= 4 is 25.0 Å². The minimum Gasteiger partial charge on any atom is -0.498 e. The molecule has 0 unspecified atom stereocenters. The first-order valence-electron chi connectivity index (χ1n) is 7.33. The number of rotatable bonds is 5. The zero-order chi connectivity index (χ0) is 17.2. The number of ether oxygens (including phenoxy) is 2. The van der Waals surface area contributed by atoms with Gasteiger partial charge in [0.2, 0.25) is 0 Å². The van der Waals surface area contributed by atoms with Gasteiger partial charge in [-0.3, -0.25) is 0 Å². The van der Waals surface area contributed by atoms with Gasteiger partial charge < -0.3 is 9.47 Å². The number of aromatic nitrogens is 3. The second-order valence-corrected chi connectivity index (χ2v) is 6.13. The molecular weight excluding hydrogens is 335 g/mol. The van der Waals surface area contributed by atoms with E-state index in [1.807, 2.05) is 0 Å². The van der Waals surface area contributed by atoms with Gasteiger partial charge in [0.05, 0.1) is 24.7 Å². The lowest BCUT2D eigenvalue weighted by atomic mass is 9.87. The van der Waals surface area contributed by atoms with Crippen molar-refractivity contribution in [1.82, 2.24) is 14.8 Å². The zero-order valence-electron chi connectivity index (χ0n) is 12.7. The van der Waals surface area contributed by atoms with E-state index in [9.17, 15) is 8.78 Å². The Morgan fingerprint density at radius 1 is 1.50 bits per heavy atom. The molecule has 124 valence electrons. The van der Waals surface area contributed by atoms with E-state index in [0.717, 1.165) is 6.07 Å². The molecule has 3 rings (SSSR count). The first kappa shape index (κ1) is 17.0. The van der Waals surface area contributed by atoms with Gasteiger partial charge in [-0.15, -0.1) is 0 Å². The van der Waals surface area contributed by atoms with E-state index in [2.05, 4.69) is 10.1 Å². The van der Waals surface area contributed by atoms with E-state index in [1.165, 1.54) is 24.8 Å². The van der Waals surface area contributed by atoms with Crippen molar-refractivity contribution < 1.29 is 18.3 Å². The molecule has 1 aromatic heterocycles. The smallest absolute Gasteiger partial charge is 0.183 e. The molecule has 1 fully saturated rings. The van der Waals surface area contributed by atoms with Crippen molar-refractivity contribution in [2.75, 3.05) is 13.2 Å². The lowest BCUT2D eigenvalue weighted by molar-refractivity contribution is -0.0206. The molecule has 2 radical (unpaired) electrons. The van der Waals surface area contributed by atoms with Gasteiger partial charge in [-0.05, 0) is 12.5 Å². The van der Waals surface area contributed by atoms with E-state index < -0.39 is 17.2 Å². The monoisotopic (exact) mass is 349 g/mol. The molecule has 0 aliphatic carbocycles. The topological polar surface area (TPSA) is 49.2 Å². The highest BCUT2D eigenvalue weighted by Crippen LogP contribution is 2.41. The van der Waals surface area contributed by atoms with Crippen LogP contribution in [0, 0.1) is 17.6 Å². The average molecular weight is 349 g/mol. The van der Waals surface area contributed by atoms with E-state index in [0.29, 0.717) is 13.0 Å². The van der Waals surface area contributed by atoms with Crippen LogP contribution in [-0.4, -0.2) is 40.8 Å². The number of nitrogens with zero attached hydrogens (tertiary/aromatic N) is 3. The van der Waals surface area contributed by atoms with Crippen LogP contribution in [-0.2, 0) is 21.6 Å². The highest BCUT2D eigenvalue weighted by Gasteiger charge is 2.44. The molecule has 2 aromatic rings. The van der Waals surface area contributed by atoms with Crippen molar-refractivity contribution in [2.45, 2.75) is 18.6 Å². The third-order valence-electron chi connectivity index (χ3n) is 3.98. The first-order valence-corrected chi connectivity index (χ1v) is 7.73. The Labute approximate surface area is 144 Å². The summed E-state index contributed by atoms with van der Waals surface area (Å²) in [6, 6.07) is 3.46. The fraction of sp³-hybridized carbons (Fsp3) is 0.400. The summed E-state index contributed by atoms with van der Waals surface area (Å²) in [4.78, 5) is 3.84. The van der Waals surface area contributed by atoms with Gasteiger partial charge in [-0.25, -0.2) is 18.4 Å². The summed E-state index contributed by atoms with van der Waals surface area (Å²) in [5.41, 5.74) is -0.715. The van der Waals surface area contributed by atoms with Crippen molar-refractivity contribution in [3.63, 3.8) is 0 Å². The first-order chi connectivity index (χ1) is 11.5. The summed E-state index contributed by atoms with van der Waals surface area (Å²) in [6.07, 6.45) is 3.36. The van der Waals surface area contributed by atoms with Crippen molar-refractivity contribution in [3.05, 3.63) is 48.1 Å². The van der Waals surface area contributed by atoms with Gasteiger partial charge in [0, 0.05) is 17.5 Å². The van der Waals surface area contributed by atoms with Crippen LogP contribution in [0.3, 0.4) is 0 Å². The van der Waals surface area contributed by atoms with Crippen LogP contribution < -0.4 is 0 Å². The number of thiocarbonyl (C=S) groups is 1. The molecular formula is C15H14BF2N3O2S. The fourth-order valence-electron chi connectivity index (χ4n) is 2.99. The van der Waals surface area contributed by atoms with Crippen LogP contribution in [0.1, 0.15) is 12.0 Å². The summed E-state index contributed by atoms with van der Waals surface area (Å²) in [7, 11) is 5.34. The molecule has 5 nitrogen and oxygen atoms in total. The third kappa shape index (κ3) is 3.62. The normalized spacial score (nSPS) is 23.3. The SMILES string of the molecule is [B]C(=S)OC[C@@H]1CO[C@@](Cn2cncn2)(c2ccc(F)cc2F)C1. The quantitative estimate of drug-likeness (QED) is 0.610.